The number of hydrogen-bond acceptors (Lipinski definition) is 7. The second-order valence-electron chi connectivity index (χ2n) is 9.99. The summed E-state index contributed by atoms with van der Waals surface area (Å²) in [4.78, 5) is 51.9. The van der Waals surface area contributed by atoms with Crippen molar-refractivity contribution in [2.45, 2.75) is 31.5 Å². The van der Waals surface area contributed by atoms with Crippen molar-refractivity contribution in [2.24, 2.45) is 34.7 Å². The van der Waals surface area contributed by atoms with Crippen molar-refractivity contribution in [3.63, 3.8) is 0 Å². The molecule has 2 aliphatic carbocycles. The summed E-state index contributed by atoms with van der Waals surface area (Å²) < 4.78 is 38.4. The molecule has 36 heavy (non-hydrogen) atoms. The van der Waals surface area contributed by atoms with Gasteiger partial charge in [-0.3, -0.25) is 19.3 Å². The highest BCUT2D eigenvalue weighted by molar-refractivity contribution is 6.40. The van der Waals surface area contributed by atoms with Gasteiger partial charge in [0.1, 0.15) is 11.9 Å². The summed E-state index contributed by atoms with van der Waals surface area (Å²) in [5.74, 6) is -2.35. The van der Waals surface area contributed by atoms with Crippen LogP contribution in [-0.2, 0) is 25.4 Å². The number of rotatable bonds is 5. The zero-order valence-corrected chi connectivity index (χ0v) is 19.8. The van der Waals surface area contributed by atoms with E-state index in [1.165, 1.54) is 4.90 Å². The minimum Gasteiger partial charge on any atom is -0.391 e. The van der Waals surface area contributed by atoms with E-state index in [4.69, 9.17) is 16.4 Å². The van der Waals surface area contributed by atoms with E-state index >= 15 is 0 Å². The number of alkyl halides is 3. The van der Waals surface area contributed by atoms with Crippen LogP contribution in [0.25, 0.3) is 0 Å². The number of nitrogens with one attached hydrogen (secondary N) is 1. The SMILES string of the molecule is O=C(C1=NO[C@@H]2[C@H]3C[C@H]([C@@H]12)[C@H]1C(=O)N(CCNc2ncc(C(F)(F)F)cc2Cl)C(=O)[C@@H]31)N1CCCC1. The number of pyridine rings is 1. The first-order valence-electron chi connectivity index (χ1n) is 12.0. The average molecular weight is 526 g/mol. The van der Waals surface area contributed by atoms with Crippen molar-refractivity contribution in [1.29, 1.82) is 0 Å². The fourth-order valence-corrected chi connectivity index (χ4v) is 6.91. The Labute approximate surface area is 209 Å². The van der Waals surface area contributed by atoms with Gasteiger partial charge in [-0.05, 0) is 31.2 Å². The van der Waals surface area contributed by atoms with Gasteiger partial charge >= 0.3 is 6.18 Å². The van der Waals surface area contributed by atoms with Crippen molar-refractivity contribution in [3.8, 4) is 0 Å². The van der Waals surface area contributed by atoms with Gasteiger partial charge in [-0.2, -0.15) is 13.2 Å². The molecule has 2 bridgehead atoms. The smallest absolute Gasteiger partial charge is 0.391 e. The van der Waals surface area contributed by atoms with Crippen LogP contribution < -0.4 is 5.32 Å². The van der Waals surface area contributed by atoms with E-state index in [1.807, 2.05) is 0 Å². The molecule has 1 N–H and O–H groups in total. The number of amides is 3. The fourth-order valence-electron chi connectivity index (χ4n) is 6.67. The molecule has 5 aliphatic rings. The molecule has 3 aliphatic heterocycles. The van der Waals surface area contributed by atoms with Gasteiger partial charge < -0.3 is 15.1 Å². The Morgan fingerprint density at radius 1 is 1.14 bits per heavy atom. The van der Waals surface area contributed by atoms with Gasteiger partial charge in [-0.25, -0.2) is 4.98 Å². The Bertz CT molecular complexity index is 1170. The number of nitrogens with zero attached hydrogens (tertiary/aromatic N) is 4. The lowest BCUT2D eigenvalue weighted by Gasteiger charge is -2.30. The van der Waals surface area contributed by atoms with Crippen molar-refractivity contribution in [2.75, 3.05) is 31.5 Å². The summed E-state index contributed by atoms with van der Waals surface area (Å²) in [6, 6.07) is 0.770. The van der Waals surface area contributed by atoms with Crippen molar-refractivity contribution >= 4 is 40.9 Å². The number of anilines is 1. The molecule has 0 aromatic carbocycles. The molecule has 2 saturated carbocycles. The number of carbonyl (C=O) groups excluding carboxylic acids is 3. The summed E-state index contributed by atoms with van der Waals surface area (Å²) in [5, 5.41) is 6.70. The van der Waals surface area contributed by atoms with Crippen molar-refractivity contribution in [1.82, 2.24) is 14.8 Å². The Balaban J connectivity index is 1.12. The molecule has 0 unspecified atom stereocenters. The highest BCUT2D eigenvalue weighted by Gasteiger charge is 2.70. The van der Waals surface area contributed by atoms with Crippen LogP contribution in [0.2, 0.25) is 5.02 Å². The van der Waals surface area contributed by atoms with Crippen LogP contribution in [0.5, 0.6) is 0 Å². The largest absolute Gasteiger partial charge is 0.417 e. The van der Waals surface area contributed by atoms with Gasteiger partial charge in [0.15, 0.2) is 5.71 Å². The number of carbonyl (C=O) groups is 3. The first kappa shape index (κ1) is 23.5. The number of imide groups is 1. The van der Waals surface area contributed by atoms with E-state index in [-0.39, 0.29) is 65.5 Å². The van der Waals surface area contributed by atoms with Gasteiger partial charge in [0.25, 0.3) is 5.91 Å². The molecule has 2 saturated heterocycles. The molecule has 4 fully saturated rings. The van der Waals surface area contributed by atoms with E-state index in [0.717, 1.165) is 18.9 Å². The van der Waals surface area contributed by atoms with Gasteiger partial charge in [-0.15, -0.1) is 0 Å². The third kappa shape index (κ3) is 3.47. The summed E-state index contributed by atoms with van der Waals surface area (Å²) in [6.45, 7) is 1.47. The maximum absolute atomic E-state index is 13.3. The summed E-state index contributed by atoms with van der Waals surface area (Å²) in [5.41, 5.74) is -0.596. The molecule has 0 radical (unpaired) electrons. The number of likely N-dealkylation sites (tertiary alicyclic amines) is 2. The van der Waals surface area contributed by atoms with E-state index in [0.29, 0.717) is 31.4 Å². The molecule has 6 rings (SSSR count). The normalized spacial score (nSPS) is 32.6. The third-order valence-electron chi connectivity index (χ3n) is 8.19. The van der Waals surface area contributed by atoms with Crippen LogP contribution in [0.1, 0.15) is 24.8 Å². The van der Waals surface area contributed by atoms with Gasteiger partial charge in [0, 0.05) is 38.3 Å². The maximum Gasteiger partial charge on any atom is 0.417 e. The summed E-state index contributed by atoms with van der Waals surface area (Å²) in [6.07, 6.45) is -1.72. The number of halogens is 4. The van der Waals surface area contributed by atoms with E-state index in [2.05, 4.69) is 15.5 Å². The van der Waals surface area contributed by atoms with Crippen LogP contribution in [0.15, 0.2) is 17.4 Å². The molecular formula is C23H23ClF3N5O4. The van der Waals surface area contributed by atoms with Gasteiger partial charge in [-0.1, -0.05) is 16.8 Å². The standard InChI is InChI=1S/C23H23ClF3N5O4/c24-13-7-10(23(25,26)27)9-29-19(13)28-3-6-32-20(33)14-11-8-12(15(14)21(32)34)18-16(11)17(30-36-18)22(35)31-4-1-2-5-31/h7,9,11-12,14-16,18H,1-6,8H2,(H,28,29)/t11-,12-,14+,15-,16-,18+/m0/s1. The van der Waals surface area contributed by atoms with Crippen LogP contribution in [0, 0.1) is 29.6 Å². The Kier molecular flexibility index (Phi) is 5.43. The quantitative estimate of drug-likeness (QED) is 0.592. The zero-order chi connectivity index (χ0) is 25.4. The highest BCUT2D eigenvalue weighted by Crippen LogP contribution is 2.61. The molecule has 13 heteroatoms. The minimum atomic E-state index is -4.56. The molecule has 3 amide bonds. The molecule has 9 nitrogen and oxygen atoms in total. The first-order chi connectivity index (χ1) is 17.2. The average Bonchev–Trinajstić information content (AvgIpc) is 3.63. The van der Waals surface area contributed by atoms with Crippen LogP contribution >= 0.6 is 11.6 Å². The highest BCUT2D eigenvalue weighted by atomic mass is 35.5. The number of hydrogen-bond donors (Lipinski definition) is 1. The van der Waals surface area contributed by atoms with E-state index in [9.17, 15) is 27.6 Å². The molecular weight excluding hydrogens is 503 g/mol. The topological polar surface area (TPSA) is 104 Å². The van der Waals surface area contributed by atoms with E-state index < -0.39 is 23.6 Å². The second kappa shape index (κ2) is 8.32. The number of oxime groups is 1. The lowest BCUT2D eigenvalue weighted by Crippen LogP contribution is -2.45. The van der Waals surface area contributed by atoms with Crippen molar-refractivity contribution in [3.05, 3.63) is 22.8 Å². The maximum atomic E-state index is 13.3. The second-order valence-corrected chi connectivity index (χ2v) is 10.4. The summed E-state index contributed by atoms with van der Waals surface area (Å²) in [7, 11) is 0. The lowest BCUT2D eigenvalue weighted by atomic mass is 9.72. The Morgan fingerprint density at radius 2 is 1.83 bits per heavy atom. The Hall–Kier alpha value is -2.89. The van der Waals surface area contributed by atoms with Gasteiger partial charge in [0.2, 0.25) is 11.8 Å². The Morgan fingerprint density at radius 3 is 2.50 bits per heavy atom. The molecule has 0 spiro atoms. The predicted molar refractivity (Wildman–Crippen MR) is 120 cm³/mol. The molecule has 4 heterocycles. The number of aromatic nitrogens is 1. The molecule has 1 aromatic rings. The first-order valence-corrected chi connectivity index (χ1v) is 12.4. The van der Waals surface area contributed by atoms with Crippen molar-refractivity contribution < 1.29 is 32.4 Å². The monoisotopic (exact) mass is 525 g/mol. The van der Waals surface area contributed by atoms with E-state index in [1.54, 1.807) is 4.90 Å². The molecule has 192 valence electrons. The van der Waals surface area contributed by atoms with Crippen LogP contribution in [0.3, 0.4) is 0 Å². The molecule has 1 aromatic heterocycles. The fraction of sp³-hybridized carbons (Fsp3) is 0.609. The summed E-state index contributed by atoms with van der Waals surface area (Å²) >= 11 is 5.92. The zero-order valence-electron chi connectivity index (χ0n) is 19.0. The lowest BCUT2D eigenvalue weighted by molar-refractivity contribution is -0.141. The predicted octanol–water partition coefficient (Wildman–Crippen LogP) is 2.41. The molecule has 6 atom stereocenters. The van der Waals surface area contributed by atoms with Crippen LogP contribution in [0.4, 0.5) is 19.0 Å². The van der Waals surface area contributed by atoms with Crippen LogP contribution in [-0.4, -0.2) is 70.5 Å². The minimum absolute atomic E-state index is 0.0208. The number of fused-ring (bicyclic) bond motifs is 8. The third-order valence-corrected chi connectivity index (χ3v) is 8.48. The van der Waals surface area contributed by atoms with Gasteiger partial charge in [0.05, 0.1) is 28.3 Å².